The van der Waals surface area contributed by atoms with Gasteiger partial charge in [0.05, 0.1) is 5.52 Å². The Morgan fingerprint density at radius 3 is 2.76 bits per heavy atom. The second-order valence-electron chi connectivity index (χ2n) is 6.17. The van der Waals surface area contributed by atoms with Crippen LogP contribution in [0, 0.1) is 0 Å². The van der Waals surface area contributed by atoms with Crippen molar-refractivity contribution in [3.05, 3.63) is 24.4 Å². The standard InChI is InChI=1S/C16H21N3O2/c1-11(2)19-10-12-9-13(5-6-14(12)18-19)17-15(20)16(21)7-3-4-8-16/h5-6,9-11,21H,3-4,7-8H2,1-2H3,(H,17,20). The monoisotopic (exact) mass is 287 g/mol. The maximum Gasteiger partial charge on any atom is 0.256 e. The van der Waals surface area contributed by atoms with Crippen LogP contribution in [0.15, 0.2) is 24.4 Å². The molecule has 0 spiro atoms. The predicted molar refractivity (Wildman–Crippen MR) is 82.2 cm³/mol. The van der Waals surface area contributed by atoms with Gasteiger partial charge in [-0.15, -0.1) is 0 Å². The number of nitrogens with one attached hydrogen (secondary N) is 1. The van der Waals surface area contributed by atoms with Crippen LogP contribution in [0.2, 0.25) is 0 Å². The molecule has 0 atom stereocenters. The largest absolute Gasteiger partial charge is 0.380 e. The fraction of sp³-hybridized carbons (Fsp3) is 0.500. The number of anilines is 1. The minimum atomic E-state index is -1.20. The minimum Gasteiger partial charge on any atom is -0.380 e. The van der Waals surface area contributed by atoms with Gasteiger partial charge in [-0.25, -0.2) is 0 Å². The molecule has 5 heteroatoms. The highest BCUT2D eigenvalue weighted by atomic mass is 16.3. The fourth-order valence-electron chi connectivity index (χ4n) is 2.82. The van der Waals surface area contributed by atoms with Gasteiger partial charge in [0.25, 0.3) is 5.91 Å². The van der Waals surface area contributed by atoms with Gasteiger partial charge in [0, 0.05) is 23.3 Å². The second kappa shape index (κ2) is 5.15. The van der Waals surface area contributed by atoms with Crippen LogP contribution in [0.3, 0.4) is 0 Å². The molecule has 1 aliphatic rings. The molecule has 3 rings (SSSR count). The van der Waals surface area contributed by atoms with Crippen molar-refractivity contribution >= 4 is 22.5 Å². The normalized spacial score (nSPS) is 17.5. The van der Waals surface area contributed by atoms with E-state index in [1.54, 1.807) is 0 Å². The van der Waals surface area contributed by atoms with E-state index in [-0.39, 0.29) is 5.91 Å². The number of carbonyl (C=O) groups is 1. The van der Waals surface area contributed by atoms with Gasteiger partial charge in [-0.1, -0.05) is 0 Å². The molecule has 0 unspecified atom stereocenters. The quantitative estimate of drug-likeness (QED) is 0.912. The molecule has 1 aromatic carbocycles. The van der Waals surface area contributed by atoms with Crippen LogP contribution in [-0.4, -0.2) is 26.4 Å². The molecule has 1 heterocycles. The van der Waals surface area contributed by atoms with Crippen LogP contribution in [-0.2, 0) is 4.79 Å². The van der Waals surface area contributed by atoms with Gasteiger partial charge in [0.15, 0.2) is 0 Å². The van der Waals surface area contributed by atoms with E-state index in [1.807, 2.05) is 29.1 Å². The number of aliphatic hydroxyl groups is 1. The third kappa shape index (κ3) is 2.65. The zero-order valence-corrected chi connectivity index (χ0v) is 12.5. The summed E-state index contributed by atoms with van der Waals surface area (Å²) in [5.74, 6) is -0.296. The smallest absolute Gasteiger partial charge is 0.256 e. The number of carbonyl (C=O) groups excluding carboxylic acids is 1. The Hall–Kier alpha value is -1.88. The molecule has 2 N–H and O–H groups in total. The van der Waals surface area contributed by atoms with Gasteiger partial charge in [0.2, 0.25) is 0 Å². The van der Waals surface area contributed by atoms with E-state index in [0.717, 1.165) is 23.7 Å². The van der Waals surface area contributed by atoms with Gasteiger partial charge in [-0.2, -0.15) is 5.10 Å². The lowest BCUT2D eigenvalue weighted by Crippen LogP contribution is -2.40. The van der Waals surface area contributed by atoms with Gasteiger partial charge in [-0.3, -0.25) is 9.48 Å². The SMILES string of the molecule is CC(C)n1cc2cc(NC(=O)C3(O)CCCC3)ccc2n1. The van der Waals surface area contributed by atoms with Crippen LogP contribution in [0.1, 0.15) is 45.6 Å². The van der Waals surface area contributed by atoms with Crippen LogP contribution >= 0.6 is 0 Å². The van der Waals surface area contributed by atoms with Crippen LogP contribution in [0.25, 0.3) is 10.9 Å². The topological polar surface area (TPSA) is 67.2 Å². The Bertz CT molecular complexity index is 669. The summed E-state index contributed by atoms with van der Waals surface area (Å²) in [5, 5.41) is 18.6. The lowest BCUT2D eigenvalue weighted by molar-refractivity contribution is -0.133. The molecule has 0 saturated heterocycles. The lowest BCUT2D eigenvalue weighted by atomic mass is 10.0. The van der Waals surface area contributed by atoms with E-state index in [9.17, 15) is 9.90 Å². The molecule has 21 heavy (non-hydrogen) atoms. The number of hydrogen-bond donors (Lipinski definition) is 2. The predicted octanol–water partition coefficient (Wildman–Crippen LogP) is 2.86. The minimum absolute atomic E-state index is 0.296. The van der Waals surface area contributed by atoms with E-state index < -0.39 is 5.60 Å². The van der Waals surface area contributed by atoms with Gasteiger partial charge in [-0.05, 0) is 57.7 Å². The molecular formula is C16H21N3O2. The van der Waals surface area contributed by atoms with E-state index >= 15 is 0 Å². The summed E-state index contributed by atoms with van der Waals surface area (Å²) in [5.41, 5.74) is 0.411. The number of fused-ring (bicyclic) bond motifs is 1. The molecule has 0 aliphatic heterocycles. The average Bonchev–Trinajstić information content (AvgIpc) is 3.05. The molecule has 1 aromatic heterocycles. The molecule has 0 bridgehead atoms. The first-order valence-electron chi connectivity index (χ1n) is 7.51. The summed E-state index contributed by atoms with van der Waals surface area (Å²) in [6.45, 7) is 4.15. The first-order valence-corrected chi connectivity index (χ1v) is 7.51. The Balaban J connectivity index is 1.82. The lowest BCUT2D eigenvalue weighted by Gasteiger charge is -2.20. The summed E-state index contributed by atoms with van der Waals surface area (Å²) in [6, 6.07) is 5.92. The van der Waals surface area contributed by atoms with Crippen molar-refractivity contribution in [3.8, 4) is 0 Å². The number of aromatic nitrogens is 2. The van der Waals surface area contributed by atoms with Gasteiger partial charge in [0.1, 0.15) is 5.60 Å². The Morgan fingerprint density at radius 1 is 1.38 bits per heavy atom. The third-order valence-electron chi connectivity index (χ3n) is 4.16. The van der Waals surface area contributed by atoms with E-state index in [0.29, 0.717) is 24.6 Å². The Labute approximate surface area is 124 Å². The zero-order chi connectivity index (χ0) is 15.0. The van der Waals surface area contributed by atoms with E-state index in [2.05, 4.69) is 24.3 Å². The van der Waals surface area contributed by atoms with Gasteiger partial charge >= 0.3 is 0 Å². The average molecular weight is 287 g/mol. The van der Waals surface area contributed by atoms with Gasteiger partial charge < -0.3 is 10.4 Å². The third-order valence-corrected chi connectivity index (χ3v) is 4.16. The summed E-state index contributed by atoms with van der Waals surface area (Å²) in [7, 11) is 0. The Kier molecular flexibility index (Phi) is 3.45. The molecular weight excluding hydrogens is 266 g/mol. The van der Waals surface area contributed by atoms with Crippen LogP contribution in [0.4, 0.5) is 5.69 Å². The number of nitrogens with zero attached hydrogens (tertiary/aromatic N) is 2. The summed E-state index contributed by atoms with van der Waals surface area (Å²) >= 11 is 0. The molecule has 0 radical (unpaired) electrons. The Morgan fingerprint density at radius 2 is 2.10 bits per heavy atom. The first kappa shape index (κ1) is 14.1. The highest BCUT2D eigenvalue weighted by Gasteiger charge is 2.38. The van der Waals surface area contributed by atoms with Crippen molar-refractivity contribution in [1.82, 2.24) is 9.78 Å². The summed E-state index contributed by atoms with van der Waals surface area (Å²) in [6.07, 6.45) is 4.88. The van der Waals surface area contributed by atoms with Crippen molar-refractivity contribution < 1.29 is 9.90 Å². The molecule has 112 valence electrons. The van der Waals surface area contributed by atoms with E-state index in [1.165, 1.54) is 0 Å². The number of amides is 1. The van der Waals surface area contributed by atoms with Crippen LogP contribution < -0.4 is 5.32 Å². The molecule has 1 aliphatic carbocycles. The number of rotatable bonds is 3. The van der Waals surface area contributed by atoms with Crippen molar-refractivity contribution in [3.63, 3.8) is 0 Å². The number of hydrogen-bond acceptors (Lipinski definition) is 3. The van der Waals surface area contributed by atoms with E-state index in [4.69, 9.17) is 0 Å². The van der Waals surface area contributed by atoms with Crippen molar-refractivity contribution in [1.29, 1.82) is 0 Å². The van der Waals surface area contributed by atoms with Crippen molar-refractivity contribution in [2.45, 2.75) is 51.2 Å². The van der Waals surface area contributed by atoms with Crippen LogP contribution in [0.5, 0.6) is 0 Å². The highest BCUT2D eigenvalue weighted by Crippen LogP contribution is 2.31. The molecule has 5 nitrogen and oxygen atoms in total. The fourth-order valence-corrected chi connectivity index (χ4v) is 2.82. The highest BCUT2D eigenvalue weighted by molar-refractivity contribution is 5.98. The van der Waals surface area contributed by atoms with Crippen molar-refractivity contribution in [2.75, 3.05) is 5.32 Å². The maximum absolute atomic E-state index is 12.2. The molecule has 2 aromatic rings. The molecule has 1 fully saturated rings. The number of benzene rings is 1. The first-order chi connectivity index (χ1) is 9.98. The van der Waals surface area contributed by atoms with Crippen molar-refractivity contribution in [2.24, 2.45) is 0 Å². The molecule has 1 amide bonds. The zero-order valence-electron chi connectivity index (χ0n) is 12.5. The maximum atomic E-state index is 12.2. The molecule has 1 saturated carbocycles. The summed E-state index contributed by atoms with van der Waals surface area (Å²) in [4.78, 5) is 12.2. The second-order valence-corrected chi connectivity index (χ2v) is 6.17. The summed E-state index contributed by atoms with van der Waals surface area (Å²) < 4.78 is 1.90.